The maximum absolute atomic E-state index is 12.1. The number of sulfonamides is 1. The van der Waals surface area contributed by atoms with E-state index in [1.165, 1.54) is 5.38 Å². The van der Waals surface area contributed by atoms with Crippen LogP contribution >= 0.6 is 11.3 Å². The van der Waals surface area contributed by atoms with Gasteiger partial charge in [0.15, 0.2) is 0 Å². The smallest absolute Gasteiger partial charge is 0.347 e. The normalized spacial score (nSPS) is 11.0. The number of aromatic nitrogens is 2. The maximum Gasteiger partial charge on any atom is 0.347 e. The first-order valence-electron chi connectivity index (χ1n) is 6.16. The number of nitrogens with zero attached hydrogens (tertiary/aromatic N) is 2. The van der Waals surface area contributed by atoms with Crippen LogP contribution in [0.15, 0.2) is 22.4 Å². The van der Waals surface area contributed by atoms with Crippen molar-refractivity contribution in [1.82, 2.24) is 14.7 Å². The Balaban J connectivity index is 2.18. The van der Waals surface area contributed by atoms with Crippen molar-refractivity contribution in [1.29, 1.82) is 0 Å². The highest BCUT2D eigenvalue weighted by Gasteiger charge is 2.25. The Hall–Kier alpha value is -2.53. The number of anilines is 1. The van der Waals surface area contributed by atoms with E-state index in [0.29, 0.717) is 11.4 Å². The van der Waals surface area contributed by atoms with Gasteiger partial charge in [-0.05, 0) is 31.4 Å². The monoisotopic (exact) mass is 356 g/mol. The van der Waals surface area contributed by atoms with Gasteiger partial charge in [-0.15, -0.1) is 11.3 Å². The van der Waals surface area contributed by atoms with Crippen LogP contribution in [-0.2, 0) is 10.0 Å². The first kappa shape index (κ1) is 16.8. The molecule has 0 saturated heterocycles. The molecule has 2 aromatic heterocycles. The van der Waals surface area contributed by atoms with Gasteiger partial charge in [0.05, 0.1) is 0 Å². The average Bonchev–Trinajstić information content (AvgIpc) is 2.86. The number of aromatic carboxylic acids is 1. The molecule has 0 bridgehead atoms. The number of carbonyl (C=O) groups is 2. The van der Waals surface area contributed by atoms with Gasteiger partial charge in [0, 0.05) is 11.4 Å². The molecule has 2 aromatic rings. The van der Waals surface area contributed by atoms with Crippen molar-refractivity contribution < 1.29 is 23.1 Å². The zero-order valence-corrected chi connectivity index (χ0v) is 13.7. The predicted octanol–water partition coefficient (Wildman–Crippen LogP) is 1.36. The molecule has 2 heterocycles. The number of hydrogen-bond acceptors (Lipinski definition) is 7. The average molecular weight is 356 g/mol. The number of amides is 2. The van der Waals surface area contributed by atoms with Crippen molar-refractivity contribution in [3.8, 4) is 0 Å². The van der Waals surface area contributed by atoms with Gasteiger partial charge < -0.3 is 5.11 Å². The fourth-order valence-corrected chi connectivity index (χ4v) is 3.92. The Morgan fingerprint density at radius 3 is 2.39 bits per heavy atom. The summed E-state index contributed by atoms with van der Waals surface area (Å²) in [6, 6.07) is 1.71. The van der Waals surface area contributed by atoms with E-state index >= 15 is 0 Å². The highest BCUT2D eigenvalue weighted by atomic mass is 32.2. The summed E-state index contributed by atoms with van der Waals surface area (Å²) in [5.74, 6) is -1.45. The minimum atomic E-state index is -4.32. The van der Waals surface area contributed by atoms with Crippen LogP contribution in [0.4, 0.5) is 10.7 Å². The van der Waals surface area contributed by atoms with Crippen molar-refractivity contribution in [2.75, 3.05) is 5.32 Å². The summed E-state index contributed by atoms with van der Waals surface area (Å²) in [5.41, 5.74) is 1.20. The largest absolute Gasteiger partial charge is 0.477 e. The van der Waals surface area contributed by atoms with Gasteiger partial charge in [-0.3, -0.25) is 5.32 Å². The summed E-state index contributed by atoms with van der Waals surface area (Å²) in [4.78, 5) is 29.8. The number of hydrogen-bond donors (Lipinski definition) is 3. The van der Waals surface area contributed by atoms with Crippen LogP contribution in [0.1, 0.15) is 21.1 Å². The highest BCUT2D eigenvalue weighted by Crippen LogP contribution is 2.21. The molecule has 0 aliphatic carbocycles. The molecule has 3 N–H and O–H groups in total. The van der Waals surface area contributed by atoms with E-state index in [1.54, 1.807) is 24.6 Å². The van der Waals surface area contributed by atoms with Crippen LogP contribution in [0, 0.1) is 13.8 Å². The molecular formula is C12H12N4O5S2. The second-order valence-electron chi connectivity index (χ2n) is 4.45. The molecule has 9 nitrogen and oxygen atoms in total. The minimum Gasteiger partial charge on any atom is -0.477 e. The lowest BCUT2D eigenvalue weighted by Crippen LogP contribution is -2.35. The van der Waals surface area contributed by atoms with Crippen molar-refractivity contribution in [3.05, 3.63) is 33.8 Å². The zero-order chi connectivity index (χ0) is 17.2. The van der Waals surface area contributed by atoms with Gasteiger partial charge in [0.2, 0.25) is 5.95 Å². The lowest BCUT2D eigenvalue weighted by molar-refractivity contribution is 0.0698. The van der Waals surface area contributed by atoms with E-state index < -0.39 is 26.9 Å². The summed E-state index contributed by atoms with van der Waals surface area (Å²) < 4.78 is 25.9. The number of nitrogens with one attached hydrogen (secondary N) is 2. The van der Waals surface area contributed by atoms with E-state index in [0.717, 1.165) is 17.4 Å². The first-order valence-corrected chi connectivity index (χ1v) is 8.52. The number of aryl methyl sites for hydroxylation is 2. The Morgan fingerprint density at radius 1 is 1.22 bits per heavy atom. The van der Waals surface area contributed by atoms with E-state index in [2.05, 4.69) is 15.3 Å². The Bertz CT molecular complexity index is 855. The van der Waals surface area contributed by atoms with Crippen LogP contribution in [0.3, 0.4) is 0 Å². The standard InChI is InChI=1S/C12H12N4O5S2/c1-6-5-7(2)14-11(13-6)15-12(19)16-23(20,21)8-3-4-22-9(8)10(17)18/h3-5H,1-2H3,(H,17,18)(H2,13,14,15,16,19). The quantitative estimate of drug-likeness (QED) is 0.752. The van der Waals surface area contributed by atoms with Crippen LogP contribution in [-0.4, -0.2) is 35.5 Å². The number of carboxylic acids is 1. The van der Waals surface area contributed by atoms with Gasteiger partial charge >= 0.3 is 12.0 Å². The first-order chi connectivity index (χ1) is 10.7. The van der Waals surface area contributed by atoms with Crippen molar-refractivity contribution >= 4 is 39.3 Å². The molecule has 0 saturated carbocycles. The summed E-state index contributed by atoms with van der Waals surface area (Å²) in [6.07, 6.45) is 0. The number of rotatable bonds is 4. The Kier molecular flexibility index (Phi) is 4.61. The molecule has 0 fully saturated rings. The third-order valence-electron chi connectivity index (χ3n) is 2.55. The van der Waals surface area contributed by atoms with E-state index in [9.17, 15) is 18.0 Å². The summed E-state index contributed by atoms with van der Waals surface area (Å²) in [6.45, 7) is 3.39. The third kappa shape index (κ3) is 4.02. The Labute approximate surface area is 135 Å². The number of carbonyl (C=O) groups excluding carboxylic acids is 1. The minimum absolute atomic E-state index is 0.0565. The number of thiophene rings is 1. The molecule has 2 amide bonds. The van der Waals surface area contributed by atoms with E-state index in [-0.39, 0.29) is 10.8 Å². The van der Waals surface area contributed by atoms with Gasteiger partial charge in [-0.2, -0.15) is 0 Å². The van der Waals surface area contributed by atoms with Crippen molar-refractivity contribution in [2.24, 2.45) is 0 Å². The molecule has 0 aliphatic heterocycles. The van der Waals surface area contributed by atoms with E-state index in [4.69, 9.17) is 5.11 Å². The summed E-state index contributed by atoms with van der Waals surface area (Å²) >= 11 is 0.744. The molecular weight excluding hydrogens is 344 g/mol. The number of urea groups is 1. The zero-order valence-electron chi connectivity index (χ0n) is 12.0. The van der Waals surface area contributed by atoms with E-state index in [1.807, 2.05) is 0 Å². The second kappa shape index (κ2) is 6.30. The highest BCUT2D eigenvalue weighted by molar-refractivity contribution is 7.90. The van der Waals surface area contributed by atoms with Crippen LogP contribution in [0.25, 0.3) is 0 Å². The molecule has 0 aliphatic rings. The van der Waals surface area contributed by atoms with Crippen molar-refractivity contribution in [3.63, 3.8) is 0 Å². The second-order valence-corrected chi connectivity index (χ2v) is 7.02. The lowest BCUT2D eigenvalue weighted by Gasteiger charge is -2.08. The van der Waals surface area contributed by atoms with Gasteiger partial charge in [-0.1, -0.05) is 0 Å². The molecule has 23 heavy (non-hydrogen) atoms. The van der Waals surface area contributed by atoms with Gasteiger partial charge in [0.1, 0.15) is 9.77 Å². The summed E-state index contributed by atoms with van der Waals surface area (Å²) in [7, 11) is -4.32. The van der Waals surface area contributed by atoms with Gasteiger partial charge in [-0.25, -0.2) is 32.7 Å². The molecule has 0 radical (unpaired) electrons. The molecule has 0 unspecified atom stereocenters. The topological polar surface area (TPSA) is 138 Å². The fourth-order valence-electron chi connectivity index (χ4n) is 1.75. The van der Waals surface area contributed by atoms with Crippen LogP contribution in [0.2, 0.25) is 0 Å². The van der Waals surface area contributed by atoms with Crippen molar-refractivity contribution in [2.45, 2.75) is 18.7 Å². The number of carboxylic acid groups (broad SMARTS) is 1. The SMILES string of the molecule is Cc1cc(C)nc(NC(=O)NS(=O)(=O)c2ccsc2C(=O)O)n1. The summed E-state index contributed by atoms with van der Waals surface area (Å²) in [5, 5.41) is 12.4. The third-order valence-corrected chi connectivity index (χ3v) is 4.95. The Morgan fingerprint density at radius 2 is 1.83 bits per heavy atom. The van der Waals surface area contributed by atoms with Crippen LogP contribution in [0.5, 0.6) is 0 Å². The van der Waals surface area contributed by atoms with Gasteiger partial charge in [0.25, 0.3) is 10.0 Å². The van der Waals surface area contributed by atoms with Crippen LogP contribution < -0.4 is 10.0 Å². The fraction of sp³-hybridized carbons (Fsp3) is 0.167. The molecule has 122 valence electrons. The molecule has 0 aromatic carbocycles. The predicted molar refractivity (Wildman–Crippen MR) is 82.1 cm³/mol. The maximum atomic E-state index is 12.1. The molecule has 2 rings (SSSR count). The molecule has 0 spiro atoms. The lowest BCUT2D eigenvalue weighted by atomic mass is 10.4. The molecule has 11 heteroatoms. The molecule has 0 atom stereocenters.